The van der Waals surface area contributed by atoms with Crippen LogP contribution in [0.5, 0.6) is 0 Å². The Bertz CT molecular complexity index is 6850. The third-order valence-electron chi connectivity index (χ3n) is 20.5. The van der Waals surface area contributed by atoms with E-state index in [9.17, 15) is 14.4 Å². The molecule has 12 nitrogen and oxygen atoms in total. The number of thiophene rings is 3. The van der Waals surface area contributed by atoms with Gasteiger partial charge in [0.25, 0.3) is 0 Å². The fourth-order valence-corrected chi connectivity index (χ4v) is 17.8. The minimum Gasteiger partial charge on any atom is -0.512 e. The van der Waals surface area contributed by atoms with Crippen LogP contribution in [-0.2, 0) is 80.1 Å². The Morgan fingerprint density at radius 1 is 0.371 bits per heavy atom. The van der Waals surface area contributed by atoms with Gasteiger partial charge in [-0.1, -0.05) is 242 Å². The van der Waals surface area contributed by atoms with Crippen LogP contribution in [0.4, 0.5) is 0 Å². The summed E-state index contributed by atoms with van der Waals surface area (Å²) in [5, 5.41) is 35.4. The maximum Gasteiger partial charge on any atom is 0.155 e. The van der Waals surface area contributed by atoms with E-state index in [1.807, 2.05) is 103 Å². The van der Waals surface area contributed by atoms with Gasteiger partial charge in [-0.15, -0.1) is 88.6 Å². The number of ketones is 3. The largest absolute Gasteiger partial charge is 0.512 e. The van der Waals surface area contributed by atoms with Crippen LogP contribution >= 0.6 is 34.0 Å². The minimum atomic E-state index is -0.125. The number of carbonyl (C=O) groups excluding carboxylic acids is 3. The number of hydrogen-bond acceptors (Lipinski definition) is 15. The quantitative estimate of drug-likeness (QED) is 0.0563. The predicted octanol–water partition coefficient (Wildman–Crippen LogP) is 30.9. The topological polar surface area (TPSA) is 190 Å². The number of aromatic nitrogens is 3. The molecule has 0 saturated heterocycles. The zero-order chi connectivity index (χ0) is 86.3. The van der Waals surface area contributed by atoms with Gasteiger partial charge in [-0.3, -0.25) is 14.4 Å². The van der Waals surface area contributed by atoms with Gasteiger partial charge in [-0.2, -0.15) is 0 Å². The number of allylic oxidation sites excluding steroid dienone is 6. The third-order valence-corrected chi connectivity index (χ3v) is 23.9. The van der Waals surface area contributed by atoms with E-state index in [-0.39, 0.29) is 100 Å². The number of aliphatic hydroxyl groups is 3. The van der Waals surface area contributed by atoms with Gasteiger partial charge in [0, 0.05) is 128 Å². The molecule has 9 heterocycles. The summed E-state index contributed by atoms with van der Waals surface area (Å²) in [7, 11) is 0. The summed E-state index contributed by atoms with van der Waals surface area (Å²) in [5.41, 5.74) is 21.6. The van der Waals surface area contributed by atoms with Gasteiger partial charge < -0.3 is 43.5 Å². The molecule has 3 N–H and O–H groups in total. The standard InChI is InChI=1S/2C31H26NOS.C29H22NOS.3C5H8O2.3Ir/c1-18(2)21-10-7-11-22(19(3)4)30(21)28-16-20-15-26(32-17-29(20)34-28)25-13-8-12-24-23-9-5-6-14-27(23)33-31(24)25;1-18(2)20-12-21(19(3)4)14-22(13-20)29-16-23-15-27(32-17-30(23)34-29)26-10-7-9-25-24-8-5-6-11-28(24)33-31(25)26;1-29(2,3)20-13-11-18(12-14-20)26-16-19-15-24(30-17-27(19)32-26)23-9-6-8-22-21-7-4-5-10-25(21)31-28(22)23;3*1-4(6)3-5(2)7;;;/h5-12,14-19H,1-4H3;5-9,11-19H,1-4H3;4-8,10-17H,1-3H3;3*3,6H,1-2H3;;;/q3*-1;;;;;;. The Hall–Kier alpha value is -10.7. The van der Waals surface area contributed by atoms with Gasteiger partial charge >= 0.3 is 0 Å². The molecule has 639 valence electrons. The van der Waals surface area contributed by atoms with Crippen LogP contribution in [0.1, 0.15) is 169 Å². The predicted molar refractivity (Wildman–Crippen MR) is 506 cm³/mol. The number of hydrogen-bond donors (Lipinski definition) is 3. The van der Waals surface area contributed by atoms with E-state index >= 15 is 0 Å². The van der Waals surface area contributed by atoms with Gasteiger partial charge in [0.05, 0.1) is 48.1 Å². The Morgan fingerprint density at radius 2 is 0.694 bits per heavy atom. The number of nitrogens with zero attached hydrogens (tertiary/aromatic N) is 3. The van der Waals surface area contributed by atoms with Gasteiger partial charge in [0.15, 0.2) is 17.3 Å². The van der Waals surface area contributed by atoms with Crippen LogP contribution in [0.25, 0.3) is 161 Å². The van der Waals surface area contributed by atoms with E-state index in [4.69, 9.17) is 43.5 Å². The van der Waals surface area contributed by atoms with Crippen molar-refractivity contribution in [1.29, 1.82) is 0 Å². The SMILES string of the molecule is CC(=O)C=C(C)O.CC(=O)C=C(C)O.CC(=O)C=C(C)O.CC(C)(C)c1ccc(-c2cc3cc(-c4[c-]ccc5c4oc4ccccc45)ncc3s2)cc1.CC(C)c1cc(-c2cc3cc(-c4[c-]ccc5c4oc4ccccc45)ncc3s2)cc(C(C)C)c1.CC(C)c1cccc(C(C)C)c1-c1cc2cc(-c3[c-]ccc4c3oc3ccccc34)ncc2s1.[Ir].[Ir].[Ir]. The molecule has 0 bridgehead atoms. The number of aliphatic hydroxyl groups excluding tert-OH is 3. The van der Waals surface area contributed by atoms with Gasteiger partial charge in [-0.05, 0) is 185 Å². The number of benzene rings is 9. The molecule has 0 unspecified atom stereocenters. The molecular formula is C106H98Ir3N3O9S3-3. The zero-order valence-electron chi connectivity index (χ0n) is 72.3. The van der Waals surface area contributed by atoms with Crippen molar-refractivity contribution in [2.24, 2.45) is 0 Å². The van der Waals surface area contributed by atoms with Crippen LogP contribution in [-0.4, -0.2) is 47.6 Å². The van der Waals surface area contributed by atoms with Crippen LogP contribution in [0, 0.1) is 18.2 Å². The molecule has 18 aromatic rings. The second-order valence-corrected chi connectivity index (χ2v) is 35.8. The average Bonchev–Trinajstić information content (AvgIpc) is 1.52. The molecule has 0 aliphatic heterocycles. The zero-order valence-corrected chi connectivity index (χ0v) is 81.9. The molecule has 0 amide bonds. The van der Waals surface area contributed by atoms with E-state index in [2.05, 4.69) is 228 Å². The third kappa shape index (κ3) is 22.5. The fourth-order valence-electron chi connectivity index (χ4n) is 14.6. The summed E-state index contributed by atoms with van der Waals surface area (Å²) in [6.45, 7) is 33.4. The summed E-state index contributed by atoms with van der Waals surface area (Å²) in [5.74, 6) is 1.74. The smallest absolute Gasteiger partial charge is 0.155 e. The second-order valence-electron chi connectivity index (χ2n) is 32.6. The summed E-state index contributed by atoms with van der Waals surface area (Å²) < 4.78 is 22.2. The molecule has 3 radical (unpaired) electrons. The molecular weight excluding hydrogens is 2130 g/mol. The molecule has 0 fully saturated rings. The molecule has 18 rings (SSSR count). The second kappa shape index (κ2) is 41.9. The number of para-hydroxylation sites is 3. The number of rotatable bonds is 13. The first kappa shape index (κ1) is 95.5. The molecule has 9 aromatic carbocycles. The van der Waals surface area contributed by atoms with Crippen molar-refractivity contribution in [1.82, 2.24) is 15.0 Å². The van der Waals surface area contributed by atoms with E-state index < -0.39 is 0 Å². The maximum atomic E-state index is 10.0. The summed E-state index contributed by atoms with van der Waals surface area (Å²) in [6, 6.07) is 82.8. The van der Waals surface area contributed by atoms with Crippen molar-refractivity contribution in [3.05, 3.63) is 306 Å². The van der Waals surface area contributed by atoms with E-state index in [1.165, 1.54) is 149 Å². The Balaban J connectivity index is 0.000000172. The Morgan fingerprint density at radius 3 is 1.00 bits per heavy atom. The maximum absolute atomic E-state index is 10.0. The van der Waals surface area contributed by atoms with E-state index in [1.54, 1.807) is 22.7 Å². The normalized spacial score (nSPS) is 11.7. The van der Waals surface area contributed by atoms with Crippen molar-refractivity contribution < 1.29 is 103 Å². The average molecular weight is 2230 g/mol. The molecule has 124 heavy (non-hydrogen) atoms. The van der Waals surface area contributed by atoms with Crippen LogP contribution < -0.4 is 0 Å². The van der Waals surface area contributed by atoms with Gasteiger partial charge in [0.2, 0.25) is 0 Å². The summed E-state index contributed by atoms with van der Waals surface area (Å²) in [6.07, 6.45) is 9.46. The van der Waals surface area contributed by atoms with Crippen LogP contribution in [0.3, 0.4) is 0 Å². The van der Waals surface area contributed by atoms with Crippen molar-refractivity contribution in [3.63, 3.8) is 0 Å². The van der Waals surface area contributed by atoms with Gasteiger partial charge in [-0.25, -0.2) is 0 Å². The van der Waals surface area contributed by atoms with Gasteiger partial charge in [0.1, 0.15) is 16.7 Å². The molecule has 0 aliphatic rings. The van der Waals surface area contributed by atoms with Crippen molar-refractivity contribution >= 4 is 147 Å². The summed E-state index contributed by atoms with van der Waals surface area (Å²) >= 11 is 5.41. The number of carbonyl (C=O) groups is 3. The molecule has 9 aromatic heterocycles. The van der Waals surface area contributed by atoms with Crippen molar-refractivity contribution in [3.8, 4) is 65.1 Å². The number of fused-ring (bicyclic) bond motifs is 12. The molecule has 18 heteroatoms. The van der Waals surface area contributed by atoms with Crippen molar-refractivity contribution in [2.75, 3.05) is 0 Å². The first-order valence-corrected chi connectivity index (χ1v) is 43.0. The first-order chi connectivity index (χ1) is 57.8. The molecule has 0 spiro atoms. The number of pyridine rings is 3. The van der Waals surface area contributed by atoms with E-state index in [0.29, 0.717) is 23.7 Å². The van der Waals surface area contributed by atoms with E-state index in [0.717, 1.165) is 99.6 Å². The number of furan rings is 3. The summed E-state index contributed by atoms with van der Waals surface area (Å²) in [4.78, 5) is 48.3. The molecule has 0 atom stereocenters. The molecule has 0 saturated carbocycles. The van der Waals surface area contributed by atoms with Crippen LogP contribution in [0.15, 0.2) is 274 Å². The molecule has 0 aliphatic carbocycles. The Labute approximate surface area is 777 Å². The Kier molecular flexibility index (Phi) is 32.2. The first-order valence-electron chi connectivity index (χ1n) is 40.5. The minimum absolute atomic E-state index is 0. The fraction of sp³-hybridized carbons (Fsp3) is 0.208. The van der Waals surface area contributed by atoms with Crippen molar-refractivity contribution in [2.45, 2.75) is 147 Å². The monoisotopic (exact) mass is 2230 g/mol. The van der Waals surface area contributed by atoms with Crippen LogP contribution in [0.2, 0.25) is 0 Å².